The second-order valence-electron chi connectivity index (χ2n) is 5.35. The zero-order chi connectivity index (χ0) is 16.4. The molecule has 2 aromatic carbocycles. The van der Waals surface area contributed by atoms with E-state index in [-0.39, 0.29) is 5.43 Å². The summed E-state index contributed by atoms with van der Waals surface area (Å²) >= 11 is 1.60. The second-order valence-corrected chi connectivity index (χ2v) is 6.44. The summed E-state index contributed by atoms with van der Waals surface area (Å²) < 4.78 is 1.86. The molecule has 0 aliphatic carbocycles. The molecule has 0 atom stereocenters. The standard InChI is InChI=1S/C20H14N2OS/c23-17-13-19(15-7-3-1-4-8-15)24-20(14-17)18-11-12-21-22(18)16-9-5-2-6-10-16/h1-14H. The number of hydrogen-bond donors (Lipinski definition) is 0. The Labute approximate surface area is 143 Å². The highest BCUT2D eigenvalue weighted by atomic mass is 32.1. The molecule has 0 aliphatic heterocycles. The Morgan fingerprint density at radius 1 is 0.792 bits per heavy atom. The first kappa shape index (κ1) is 14.6. The van der Waals surface area contributed by atoms with E-state index in [1.54, 1.807) is 29.7 Å². The molecular formula is C20H14N2OS. The van der Waals surface area contributed by atoms with Crippen LogP contribution in [0.3, 0.4) is 0 Å². The minimum absolute atomic E-state index is 0.00316. The van der Waals surface area contributed by atoms with Crippen LogP contribution in [0.2, 0.25) is 0 Å². The van der Waals surface area contributed by atoms with E-state index in [2.05, 4.69) is 5.10 Å². The summed E-state index contributed by atoms with van der Waals surface area (Å²) in [5.41, 5.74) is 2.94. The van der Waals surface area contributed by atoms with Crippen LogP contribution in [0, 0.1) is 0 Å². The predicted molar refractivity (Wildman–Crippen MR) is 98.6 cm³/mol. The van der Waals surface area contributed by atoms with E-state index in [0.29, 0.717) is 0 Å². The quantitative estimate of drug-likeness (QED) is 0.549. The molecule has 4 heteroatoms. The fourth-order valence-electron chi connectivity index (χ4n) is 2.61. The van der Waals surface area contributed by atoms with E-state index >= 15 is 0 Å². The lowest BCUT2D eigenvalue weighted by atomic mass is 10.2. The van der Waals surface area contributed by atoms with Gasteiger partial charge in [-0.15, -0.1) is 11.3 Å². The van der Waals surface area contributed by atoms with Gasteiger partial charge in [0.25, 0.3) is 0 Å². The van der Waals surface area contributed by atoms with Crippen molar-refractivity contribution in [2.75, 3.05) is 0 Å². The van der Waals surface area contributed by atoms with Gasteiger partial charge in [-0.3, -0.25) is 4.79 Å². The summed E-state index contributed by atoms with van der Waals surface area (Å²) in [4.78, 5) is 14.1. The van der Waals surface area contributed by atoms with Crippen LogP contribution < -0.4 is 5.43 Å². The summed E-state index contributed by atoms with van der Waals surface area (Å²) in [7, 11) is 0. The highest BCUT2D eigenvalue weighted by Gasteiger charge is 2.11. The van der Waals surface area contributed by atoms with E-state index in [0.717, 1.165) is 26.7 Å². The van der Waals surface area contributed by atoms with Crippen molar-refractivity contribution in [1.82, 2.24) is 9.78 Å². The van der Waals surface area contributed by atoms with Crippen LogP contribution in [0.1, 0.15) is 0 Å². The predicted octanol–water partition coefficient (Wildman–Crippen LogP) is 4.63. The van der Waals surface area contributed by atoms with Crippen LogP contribution >= 0.6 is 11.3 Å². The van der Waals surface area contributed by atoms with Gasteiger partial charge in [0.1, 0.15) is 0 Å². The smallest absolute Gasteiger partial charge is 0.181 e. The first-order valence-corrected chi connectivity index (χ1v) is 8.43. The van der Waals surface area contributed by atoms with Gasteiger partial charge < -0.3 is 0 Å². The minimum Gasteiger partial charge on any atom is -0.290 e. The molecule has 0 radical (unpaired) electrons. The first-order chi connectivity index (χ1) is 11.8. The molecule has 0 fully saturated rings. The number of benzene rings is 2. The number of hydrogen-bond acceptors (Lipinski definition) is 3. The Kier molecular flexibility index (Phi) is 3.81. The van der Waals surface area contributed by atoms with Gasteiger partial charge in [-0.1, -0.05) is 48.5 Å². The lowest BCUT2D eigenvalue weighted by Crippen LogP contribution is -2.01. The van der Waals surface area contributed by atoms with Gasteiger partial charge in [-0.25, -0.2) is 4.68 Å². The third kappa shape index (κ3) is 2.79. The Morgan fingerprint density at radius 2 is 1.46 bits per heavy atom. The van der Waals surface area contributed by atoms with Gasteiger partial charge in [0.2, 0.25) is 0 Å². The fourth-order valence-corrected chi connectivity index (χ4v) is 3.71. The molecule has 0 bridgehead atoms. The fraction of sp³-hybridized carbons (Fsp3) is 0. The number of rotatable bonds is 3. The van der Waals surface area contributed by atoms with Gasteiger partial charge >= 0.3 is 0 Å². The third-order valence-electron chi connectivity index (χ3n) is 3.72. The molecule has 0 amide bonds. The van der Waals surface area contributed by atoms with Crippen molar-refractivity contribution in [3.05, 3.63) is 95.3 Å². The number of aromatic nitrogens is 2. The molecule has 0 unspecified atom stereocenters. The topological polar surface area (TPSA) is 34.9 Å². The molecular weight excluding hydrogens is 316 g/mol. The average molecular weight is 330 g/mol. The SMILES string of the molecule is O=c1cc(-c2ccccc2)sc(-c2ccnn2-c2ccccc2)c1. The highest BCUT2D eigenvalue weighted by molar-refractivity contribution is 7.18. The number of para-hydroxylation sites is 1. The zero-order valence-electron chi connectivity index (χ0n) is 12.8. The van der Waals surface area contributed by atoms with Crippen molar-refractivity contribution in [1.29, 1.82) is 0 Å². The van der Waals surface area contributed by atoms with Crippen LogP contribution in [0.5, 0.6) is 0 Å². The minimum atomic E-state index is 0.00316. The number of nitrogens with zero attached hydrogens (tertiary/aromatic N) is 2. The lowest BCUT2D eigenvalue weighted by Gasteiger charge is -2.08. The molecule has 0 saturated carbocycles. The van der Waals surface area contributed by atoms with Crippen molar-refractivity contribution in [2.45, 2.75) is 0 Å². The van der Waals surface area contributed by atoms with E-state index in [1.807, 2.05) is 71.4 Å². The van der Waals surface area contributed by atoms with Gasteiger partial charge in [-0.2, -0.15) is 5.10 Å². The van der Waals surface area contributed by atoms with Crippen molar-refractivity contribution < 1.29 is 0 Å². The van der Waals surface area contributed by atoms with Gasteiger partial charge in [0, 0.05) is 17.0 Å². The van der Waals surface area contributed by atoms with Crippen molar-refractivity contribution in [2.24, 2.45) is 0 Å². The molecule has 4 rings (SSSR count). The Balaban J connectivity index is 1.86. The summed E-state index contributed by atoms with van der Waals surface area (Å²) in [6.45, 7) is 0. The maximum Gasteiger partial charge on any atom is 0.181 e. The molecule has 0 aliphatic rings. The summed E-state index contributed by atoms with van der Waals surface area (Å²) in [5.74, 6) is 0. The molecule has 0 N–H and O–H groups in total. The lowest BCUT2D eigenvalue weighted by molar-refractivity contribution is 0.889. The molecule has 3 nitrogen and oxygen atoms in total. The van der Waals surface area contributed by atoms with Crippen LogP contribution in [0.25, 0.3) is 26.7 Å². The van der Waals surface area contributed by atoms with Crippen LogP contribution in [-0.4, -0.2) is 9.78 Å². The monoisotopic (exact) mass is 330 g/mol. The van der Waals surface area contributed by atoms with Crippen LogP contribution in [0.4, 0.5) is 0 Å². The molecule has 4 aromatic rings. The maximum absolute atomic E-state index is 12.2. The van der Waals surface area contributed by atoms with E-state index in [9.17, 15) is 4.79 Å². The molecule has 2 heterocycles. The van der Waals surface area contributed by atoms with Gasteiger partial charge in [-0.05, 0) is 23.8 Å². The van der Waals surface area contributed by atoms with Gasteiger partial charge in [0.15, 0.2) is 5.43 Å². The summed E-state index contributed by atoms with van der Waals surface area (Å²) in [6.07, 6.45) is 1.76. The van der Waals surface area contributed by atoms with E-state index in [1.165, 1.54) is 0 Å². The van der Waals surface area contributed by atoms with Crippen molar-refractivity contribution in [3.8, 4) is 26.7 Å². The highest BCUT2D eigenvalue weighted by Crippen LogP contribution is 2.31. The third-order valence-corrected chi connectivity index (χ3v) is 4.84. The largest absolute Gasteiger partial charge is 0.290 e. The van der Waals surface area contributed by atoms with Crippen molar-refractivity contribution in [3.63, 3.8) is 0 Å². The molecule has 0 saturated heterocycles. The zero-order valence-corrected chi connectivity index (χ0v) is 13.6. The van der Waals surface area contributed by atoms with Crippen LogP contribution in [0.15, 0.2) is 89.9 Å². The summed E-state index contributed by atoms with van der Waals surface area (Å²) in [6, 6.07) is 25.2. The van der Waals surface area contributed by atoms with E-state index in [4.69, 9.17) is 0 Å². The Morgan fingerprint density at radius 3 is 2.21 bits per heavy atom. The van der Waals surface area contributed by atoms with E-state index < -0.39 is 0 Å². The summed E-state index contributed by atoms with van der Waals surface area (Å²) in [5, 5.41) is 4.42. The van der Waals surface area contributed by atoms with Crippen molar-refractivity contribution >= 4 is 11.3 Å². The second kappa shape index (κ2) is 6.26. The normalized spacial score (nSPS) is 10.7. The molecule has 0 spiro atoms. The maximum atomic E-state index is 12.2. The Bertz CT molecular complexity index is 1020. The average Bonchev–Trinajstić information content (AvgIpc) is 3.12. The van der Waals surface area contributed by atoms with Gasteiger partial charge in [0.05, 0.1) is 22.5 Å². The molecule has 116 valence electrons. The first-order valence-electron chi connectivity index (χ1n) is 7.62. The molecule has 2 aromatic heterocycles. The van der Waals surface area contributed by atoms with Crippen LogP contribution in [-0.2, 0) is 0 Å². The Hall–Kier alpha value is -2.98. The molecule has 24 heavy (non-hydrogen) atoms.